The third-order valence-electron chi connectivity index (χ3n) is 2.98. The highest BCUT2D eigenvalue weighted by Gasteiger charge is 2.18. The maximum Gasteiger partial charge on any atom is 0.239 e. The van der Waals surface area contributed by atoms with Gasteiger partial charge in [0.05, 0.1) is 6.54 Å². The molecule has 1 saturated heterocycles. The van der Waals surface area contributed by atoms with Crippen LogP contribution in [0.4, 0.5) is 10.2 Å². The summed E-state index contributed by atoms with van der Waals surface area (Å²) >= 11 is 0. The molecule has 0 saturated carbocycles. The Morgan fingerprint density at radius 1 is 1.50 bits per heavy atom. The van der Waals surface area contributed by atoms with Gasteiger partial charge in [0.15, 0.2) is 0 Å². The molecule has 3 N–H and O–H groups in total. The van der Waals surface area contributed by atoms with E-state index < -0.39 is 5.95 Å². The van der Waals surface area contributed by atoms with Crippen LogP contribution in [-0.4, -0.2) is 41.5 Å². The third-order valence-corrected chi connectivity index (χ3v) is 2.98. The topological polar surface area (TPSA) is 71.2 Å². The number of carbonyl (C=O) groups excluding carboxylic acids is 1. The minimum Gasteiger partial charge on any atom is -0.328 e. The van der Waals surface area contributed by atoms with Gasteiger partial charge in [-0.05, 0) is 25.0 Å². The predicted molar refractivity (Wildman–Crippen MR) is 66.5 cm³/mol. The van der Waals surface area contributed by atoms with E-state index >= 15 is 0 Å². The standard InChI is InChI=1S/C12H17FN4O/c13-10-2-1-3-11(15-10)16-12(18)8-17-6-4-9(14)5-7-17/h1-3,9H,4-8,14H2,(H,15,16,18). The van der Waals surface area contributed by atoms with Gasteiger partial charge in [-0.1, -0.05) is 6.07 Å². The van der Waals surface area contributed by atoms with Crippen LogP contribution < -0.4 is 11.1 Å². The molecule has 18 heavy (non-hydrogen) atoms. The molecule has 0 unspecified atom stereocenters. The zero-order chi connectivity index (χ0) is 13.0. The van der Waals surface area contributed by atoms with Gasteiger partial charge in [-0.15, -0.1) is 0 Å². The van der Waals surface area contributed by atoms with E-state index in [1.807, 2.05) is 4.90 Å². The Morgan fingerprint density at radius 2 is 2.22 bits per heavy atom. The zero-order valence-electron chi connectivity index (χ0n) is 10.1. The number of likely N-dealkylation sites (tertiary alicyclic amines) is 1. The minimum absolute atomic E-state index is 0.177. The molecule has 2 rings (SSSR count). The molecular formula is C12H17FN4O. The molecular weight excluding hydrogens is 235 g/mol. The van der Waals surface area contributed by atoms with Crippen LogP contribution >= 0.6 is 0 Å². The molecule has 1 aliphatic heterocycles. The summed E-state index contributed by atoms with van der Waals surface area (Å²) in [6.45, 7) is 1.95. The number of pyridine rings is 1. The maximum atomic E-state index is 12.8. The number of halogens is 1. The lowest BCUT2D eigenvalue weighted by Crippen LogP contribution is -2.43. The van der Waals surface area contributed by atoms with Gasteiger partial charge in [-0.25, -0.2) is 4.98 Å². The molecule has 0 radical (unpaired) electrons. The lowest BCUT2D eigenvalue weighted by molar-refractivity contribution is -0.117. The molecule has 1 aliphatic rings. The second kappa shape index (κ2) is 5.88. The van der Waals surface area contributed by atoms with Crippen LogP contribution in [0, 0.1) is 5.95 Å². The summed E-state index contributed by atoms with van der Waals surface area (Å²) in [5.41, 5.74) is 5.79. The lowest BCUT2D eigenvalue weighted by atomic mass is 10.1. The number of hydrogen-bond donors (Lipinski definition) is 2. The van der Waals surface area contributed by atoms with E-state index in [1.54, 1.807) is 6.07 Å². The summed E-state index contributed by atoms with van der Waals surface area (Å²) in [6, 6.07) is 4.56. The largest absolute Gasteiger partial charge is 0.328 e. The SMILES string of the molecule is NC1CCN(CC(=O)Nc2cccc(F)n2)CC1. The first-order valence-electron chi connectivity index (χ1n) is 6.04. The summed E-state index contributed by atoms with van der Waals surface area (Å²) < 4.78 is 12.8. The van der Waals surface area contributed by atoms with Crippen LogP contribution in [0.25, 0.3) is 0 Å². The van der Waals surface area contributed by atoms with E-state index in [9.17, 15) is 9.18 Å². The summed E-state index contributed by atoms with van der Waals surface area (Å²) in [6.07, 6.45) is 1.82. The number of anilines is 1. The fraction of sp³-hybridized carbons (Fsp3) is 0.500. The monoisotopic (exact) mass is 252 g/mol. The van der Waals surface area contributed by atoms with Crippen molar-refractivity contribution in [2.45, 2.75) is 18.9 Å². The van der Waals surface area contributed by atoms with E-state index in [2.05, 4.69) is 10.3 Å². The zero-order valence-corrected chi connectivity index (χ0v) is 10.1. The van der Waals surface area contributed by atoms with Crippen LogP contribution in [-0.2, 0) is 4.79 Å². The highest BCUT2D eigenvalue weighted by atomic mass is 19.1. The quantitative estimate of drug-likeness (QED) is 0.772. The van der Waals surface area contributed by atoms with Gasteiger partial charge in [0.1, 0.15) is 5.82 Å². The normalized spacial score (nSPS) is 17.7. The Hall–Kier alpha value is -1.53. The number of aromatic nitrogens is 1. The molecule has 0 aliphatic carbocycles. The molecule has 0 bridgehead atoms. The fourth-order valence-electron chi connectivity index (χ4n) is 1.97. The summed E-state index contributed by atoms with van der Waals surface area (Å²) in [5, 5.41) is 2.58. The van der Waals surface area contributed by atoms with Gasteiger partial charge < -0.3 is 11.1 Å². The van der Waals surface area contributed by atoms with Crippen LogP contribution in [0.5, 0.6) is 0 Å². The molecule has 5 nitrogen and oxygen atoms in total. The average Bonchev–Trinajstić information content (AvgIpc) is 2.32. The molecule has 2 heterocycles. The number of nitrogens with two attached hydrogens (primary N) is 1. The fourth-order valence-corrected chi connectivity index (χ4v) is 1.97. The average molecular weight is 252 g/mol. The first-order chi connectivity index (χ1) is 8.63. The molecule has 0 spiro atoms. The van der Waals surface area contributed by atoms with E-state index in [1.165, 1.54) is 12.1 Å². The molecule has 1 fully saturated rings. The Morgan fingerprint density at radius 3 is 2.89 bits per heavy atom. The van der Waals surface area contributed by atoms with Crippen molar-refractivity contribution in [3.63, 3.8) is 0 Å². The van der Waals surface area contributed by atoms with Crippen LogP contribution in [0.15, 0.2) is 18.2 Å². The minimum atomic E-state index is -0.600. The molecule has 6 heteroatoms. The third kappa shape index (κ3) is 3.75. The Kier molecular flexibility index (Phi) is 4.22. The Labute approximate surface area is 105 Å². The molecule has 0 aromatic carbocycles. The van der Waals surface area contributed by atoms with E-state index in [4.69, 9.17) is 5.73 Å². The van der Waals surface area contributed by atoms with Gasteiger partial charge >= 0.3 is 0 Å². The Bertz CT molecular complexity index is 418. The highest BCUT2D eigenvalue weighted by molar-refractivity contribution is 5.91. The van der Waals surface area contributed by atoms with Gasteiger partial charge in [0.25, 0.3) is 0 Å². The number of hydrogen-bond acceptors (Lipinski definition) is 4. The number of rotatable bonds is 3. The number of nitrogens with one attached hydrogen (secondary N) is 1. The van der Waals surface area contributed by atoms with Crippen LogP contribution in [0.2, 0.25) is 0 Å². The number of nitrogens with zero attached hydrogens (tertiary/aromatic N) is 2. The van der Waals surface area contributed by atoms with Crippen molar-refractivity contribution in [2.75, 3.05) is 25.0 Å². The van der Waals surface area contributed by atoms with Gasteiger partial charge in [-0.3, -0.25) is 9.69 Å². The second-order valence-corrected chi connectivity index (χ2v) is 4.51. The molecule has 1 amide bonds. The van der Waals surface area contributed by atoms with E-state index in [-0.39, 0.29) is 17.8 Å². The highest BCUT2D eigenvalue weighted by Crippen LogP contribution is 2.08. The molecule has 1 aromatic heterocycles. The number of carbonyl (C=O) groups is 1. The van der Waals surface area contributed by atoms with Crippen molar-refractivity contribution in [3.05, 3.63) is 24.1 Å². The number of piperidine rings is 1. The summed E-state index contributed by atoms with van der Waals surface area (Å²) in [7, 11) is 0. The van der Waals surface area contributed by atoms with Crippen LogP contribution in [0.3, 0.4) is 0 Å². The van der Waals surface area contributed by atoms with Crippen LogP contribution in [0.1, 0.15) is 12.8 Å². The number of amides is 1. The predicted octanol–water partition coefficient (Wildman–Crippen LogP) is 0.582. The van der Waals surface area contributed by atoms with E-state index in [0.717, 1.165) is 25.9 Å². The molecule has 1 aromatic rings. The van der Waals surface area contributed by atoms with Crippen molar-refractivity contribution < 1.29 is 9.18 Å². The van der Waals surface area contributed by atoms with Gasteiger partial charge in [0, 0.05) is 19.1 Å². The summed E-state index contributed by atoms with van der Waals surface area (Å²) in [5.74, 6) is -0.533. The first kappa shape index (κ1) is 12.9. The van der Waals surface area contributed by atoms with E-state index in [0.29, 0.717) is 6.54 Å². The van der Waals surface area contributed by atoms with Crippen molar-refractivity contribution in [1.82, 2.24) is 9.88 Å². The maximum absolute atomic E-state index is 12.8. The molecule has 0 atom stereocenters. The first-order valence-corrected chi connectivity index (χ1v) is 6.04. The van der Waals surface area contributed by atoms with Crippen molar-refractivity contribution in [1.29, 1.82) is 0 Å². The van der Waals surface area contributed by atoms with Gasteiger partial charge in [-0.2, -0.15) is 4.39 Å². The lowest BCUT2D eigenvalue weighted by Gasteiger charge is -2.29. The van der Waals surface area contributed by atoms with Crippen molar-refractivity contribution >= 4 is 11.7 Å². The smallest absolute Gasteiger partial charge is 0.239 e. The van der Waals surface area contributed by atoms with Gasteiger partial charge in [0.2, 0.25) is 11.9 Å². The second-order valence-electron chi connectivity index (χ2n) is 4.51. The Balaban J connectivity index is 1.82. The van der Waals surface area contributed by atoms with Crippen molar-refractivity contribution in [2.24, 2.45) is 5.73 Å². The van der Waals surface area contributed by atoms with Crippen molar-refractivity contribution in [3.8, 4) is 0 Å². The summed E-state index contributed by atoms with van der Waals surface area (Å²) in [4.78, 5) is 17.3. The molecule has 98 valence electrons.